The number of aliphatic hydroxyl groups excluding tert-OH is 1. The molecule has 0 bridgehead atoms. The zero-order valence-corrected chi connectivity index (χ0v) is 11.0. The van der Waals surface area contributed by atoms with Gasteiger partial charge in [0.25, 0.3) is 0 Å². The average molecular weight is 268 g/mol. The van der Waals surface area contributed by atoms with Crippen LogP contribution in [0.25, 0.3) is 5.65 Å². The summed E-state index contributed by atoms with van der Waals surface area (Å²) in [7, 11) is -2.96. The fourth-order valence-electron chi connectivity index (χ4n) is 1.80. The number of nitrogens with zero attached hydrogens (tertiary/aromatic N) is 2. The van der Waals surface area contributed by atoms with E-state index < -0.39 is 15.9 Å². The van der Waals surface area contributed by atoms with E-state index in [0.29, 0.717) is 18.5 Å². The zero-order chi connectivity index (χ0) is 13.2. The minimum atomic E-state index is -2.96. The lowest BCUT2D eigenvalue weighted by Crippen LogP contribution is -2.06. The molecule has 2 aromatic heterocycles. The molecule has 0 amide bonds. The maximum atomic E-state index is 11.0. The number of aromatic nitrogens is 2. The van der Waals surface area contributed by atoms with Crippen LogP contribution >= 0.6 is 0 Å². The van der Waals surface area contributed by atoms with Gasteiger partial charge in [0, 0.05) is 24.4 Å². The Kier molecular flexibility index (Phi) is 3.68. The number of pyridine rings is 1. The van der Waals surface area contributed by atoms with Gasteiger partial charge in [-0.1, -0.05) is 6.07 Å². The molecule has 0 saturated heterocycles. The maximum Gasteiger partial charge on any atom is 0.147 e. The summed E-state index contributed by atoms with van der Waals surface area (Å²) in [4.78, 5) is 4.29. The molecule has 0 aliphatic carbocycles. The predicted octanol–water partition coefficient (Wildman–Crippen LogP) is 1.19. The van der Waals surface area contributed by atoms with Crippen molar-refractivity contribution in [1.82, 2.24) is 9.38 Å². The molecule has 6 heteroatoms. The molecule has 0 radical (unpaired) electrons. The van der Waals surface area contributed by atoms with Crippen LogP contribution in [0.4, 0.5) is 0 Å². The van der Waals surface area contributed by atoms with Crippen molar-refractivity contribution in [3.05, 3.63) is 36.3 Å². The zero-order valence-electron chi connectivity index (χ0n) is 10.2. The Balaban J connectivity index is 2.02. The van der Waals surface area contributed by atoms with Crippen molar-refractivity contribution in [3.63, 3.8) is 0 Å². The maximum absolute atomic E-state index is 11.0. The Morgan fingerprint density at radius 2 is 2.22 bits per heavy atom. The number of fused-ring (bicyclic) bond motifs is 1. The van der Waals surface area contributed by atoms with E-state index in [1.807, 2.05) is 28.8 Å². The first-order chi connectivity index (χ1) is 8.46. The van der Waals surface area contributed by atoms with Crippen LogP contribution in [0.3, 0.4) is 0 Å². The summed E-state index contributed by atoms with van der Waals surface area (Å²) in [6.45, 7) is 0. The Labute approximate surface area is 106 Å². The molecule has 0 spiro atoms. The van der Waals surface area contributed by atoms with Gasteiger partial charge >= 0.3 is 0 Å². The number of hydrogen-bond donors (Lipinski definition) is 1. The van der Waals surface area contributed by atoms with E-state index in [1.165, 1.54) is 6.26 Å². The summed E-state index contributed by atoms with van der Waals surface area (Å²) < 4.78 is 23.8. The second kappa shape index (κ2) is 5.07. The fraction of sp³-hybridized carbons (Fsp3) is 0.417. The summed E-state index contributed by atoms with van der Waals surface area (Å²) >= 11 is 0. The van der Waals surface area contributed by atoms with E-state index >= 15 is 0 Å². The third-order valence-electron chi connectivity index (χ3n) is 2.72. The first-order valence-electron chi connectivity index (χ1n) is 5.75. The highest BCUT2D eigenvalue weighted by Gasteiger charge is 2.13. The third kappa shape index (κ3) is 3.30. The normalized spacial score (nSPS) is 13.9. The molecule has 98 valence electrons. The van der Waals surface area contributed by atoms with Crippen molar-refractivity contribution in [2.75, 3.05) is 12.0 Å². The summed E-state index contributed by atoms with van der Waals surface area (Å²) in [5, 5.41) is 9.95. The first-order valence-corrected chi connectivity index (χ1v) is 7.81. The van der Waals surface area contributed by atoms with Crippen LogP contribution in [0.2, 0.25) is 0 Å². The summed E-state index contributed by atoms with van der Waals surface area (Å²) in [5.74, 6) is 0.0947. The molecule has 1 atom stereocenters. The monoisotopic (exact) mass is 268 g/mol. The second-order valence-corrected chi connectivity index (χ2v) is 6.68. The highest BCUT2D eigenvalue weighted by atomic mass is 32.2. The molecule has 1 N–H and O–H groups in total. The highest BCUT2D eigenvalue weighted by molar-refractivity contribution is 7.90. The first kappa shape index (κ1) is 13.0. The third-order valence-corrected chi connectivity index (χ3v) is 3.75. The quantitative estimate of drug-likeness (QED) is 0.884. The van der Waals surface area contributed by atoms with Gasteiger partial charge in [0.05, 0.1) is 11.8 Å². The number of aliphatic hydroxyl groups is 1. The number of rotatable bonds is 5. The van der Waals surface area contributed by atoms with E-state index in [0.717, 1.165) is 5.65 Å². The number of imidazole rings is 1. The predicted molar refractivity (Wildman–Crippen MR) is 69.1 cm³/mol. The van der Waals surface area contributed by atoms with Crippen molar-refractivity contribution in [3.8, 4) is 0 Å². The molecule has 2 aromatic rings. The van der Waals surface area contributed by atoms with E-state index in [1.54, 1.807) is 6.20 Å². The van der Waals surface area contributed by atoms with Crippen LogP contribution in [0.1, 0.15) is 24.6 Å². The number of hydrogen-bond acceptors (Lipinski definition) is 4. The molecule has 5 nitrogen and oxygen atoms in total. The van der Waals surface area contributed by atoms with Gasteiger partial charge in [0.15, 0.2) is 0 Å². The highest BCUT2D eigenvalue weighted by Crippen LogP contribution is 2.18. The van der Waals surface area contributed by atoms with Crippen LogP contribution in [0.15, 0.2) is 30.6 Å². The topological polar surface area (TPSA) is 71.7 Å². The van der Waals surface area contributed by atoms with E-state index in [9.17, 15) is 13.5 Å². The summed E-state index contributed by atoms with van der Waals surface area (Å²) in [6, 6.07) is 5.61. The van der Waals surface area contributed by atoms with Crippen LogP contribution < -0.4 is 0 Å². The summed E-state index contributed by atoms with van der Waals surface area (Å²) in [6.07, 6.45) is 4.94. The van der Waals surface area contributed by atoms with Crippen molar-refractivity contribution in [1.29, 1.82) is 0 Å². The standard InChI is InChI=1S/C12H16N2O3S/c1-18(16,17)8-4-5-11(15)10-9-14-7-3-2-6-12(14)13-10/h2-3,6-7,9,11,15H,4-5,8H2,1H3. The van der Waals surface area contributed by atoms with Crippen LogP contribution in [-0.2, 0) is 9.84 Å². The van der Waals surface area contributed by atoms with Crippen molar-refractivity contribution in [2.24, 2.45) is 0 Å². The molecule has 2 heterocycles. The van der Waals surface area contributed by atoms with Gasteiger partial charge in [0.2, 0.25) is 0 Å². The Bertz CT molecular complexity index is 601. The molecule has 0 fully saturated rings. The van der Waals surface area contributed by atoms with Gasteiger partial charge in [-0.05, 0) is 25.0 Å². The molecule has 0 aliphatic rings. The lowest BCUT2D eigenvalue weighted by molar-refractivity contribution is 0.162. The molecule has 0 aliphatic heterocycles. The van der Waals surface area contributed by atoms with Crippen molar-refractivity contribution < 1.29 is 13.5 Å². The van der Waals surface area contributed by atoms with Gasteiger partial charge < -0.3 is 9.51 Å². The van der Waals surface area contributed by atoms with Crippen molar-refractivity contribution >= 4 is 15.5 Å². The van der Waals surface area contributed by atoms with E-state index in [2.05, 4.69) is 4.98 Å². The molecule has 2 rings (SSSR count). The fourth-order valence-corrected chi connectivity index (χ4v) is 2.49. The molecule has 1 unspecified atom stereocenters. The molecule has 18 heavy (non-hydrogen) atoms. The summed E-state index contributed by atoms with van der Waals surface area (Å²) in [5.41, 5.74) is 1.35. The SMILES string of the molecule is CS(=O)(=O)CCCC(O)c1cn2ccccc2n1. The minimum absolute atomic E-state index is 0.0947. The Morgan fingerprint density at radius 3 is 2.89 bits per heavy atom. The molecular formula is C12H16N2O3S. The van der Waals surface area contributed by atoms with Gasteiger partial charge in [-0.2, -0.15) is 0 Å². The van der Waals surface area contributed by atoms with Crippen molar-refractivity contribution in [2.45, 2.75) is 18.9 Å². The van der Waals surface area contributed by atoms with Gasteiger partial charge in [-0.25, -0.2) is 13.4 Å². The smallest absolute Gasteiger partial charge is 0.147 e. The van der Waals surface area contributed by atoms with E-state index in [4.69, 9.17) is 0 Å². The van der Waals surface area contributed by atoms with Crippen LogP contribution in [0, 0.1) is 0 Å². The molecule has 0 aromatic carbocycles. The average Bonchev–Trinajstić information content (AvgIpc) is 2.70. The Morgan fingerprint density at radius 1 is 1.44 bits per heavy atom. The van der Waals surface area contributed by atoms with Gasteiger partial charge in [0.1, 0.15) is 15.5 Å². The number of sulfone groups is 1. The van der Waals surface area contributed by atoms with Crippen LogP contribution in [0.5, 0.6) is 0 Å². The van der Waals surface area contributed by atoms with Crippen LogP contribution in [-0.4, -0.2) is 34.9 Å². The minimum Gasteiger partial charge on any atom is -0.387 e. The molecule has 0 saturated carbocycles. The molecular weight excluding hydrogens is 252 g/mol. The second-order valence-electron chi connectivity index (χ2n) is 4.42. The van der Waals surface area contributed by atoms with Gasteiger partial charge in [-0.3, -0.25) is 0 Å². The lowest BCUT2D eigenvalue weighted by atomic mass is 10.2. The largest absolute Gasteiger partial charge is 0.387 e. The van der Waals surface area contributed by atoms with E-state index in [-0.39, 0.29) is 5.75 Å². The van der Waals surface area contributed by atoms with Gasteiger partial charge in [-0.15, -0.1) is 0 Å². The Hall–Kier alpha value is -1.40. The lowest BCUT2D eigenvalue weighted by Gasteiger charge is -2.06.